The highest BCUT2D eigenvalue weighted by molar-refractivity contribution is 5.94. The fourth-order valence-electron chi connectivity index (χ4n) is 2.80. The highest BCUT2D eigenvalue weighted by Gasteiger charge is 2.08. The molecule has 4 heteroatoms. The van der Waals surface area contributed by atoms with Gasteiger partial charge in [-0.2, -0.15) is 0 Å². The number of hydrogen-bond donors (Lipinski definition) is 2. The van der Waals surface area contributed by atoms with Crippen LogP contribution in [-0.4, -0.2) is 12.5 Å². The summed E-state index contributed by atoms with van der Waals surface area (Å²) in [6.07, 6.45) is 0. The summed E-state index contributed by atoms with van der Waals surface area (Å²) in [7, 11) is 0. The summed E-state index contributed by atoms with van der Waals surface area (Å²) in [5.74, 6) is 0.625. The number of ether oxygens (including phenoxy) is 1. The zero-order valence-electron chi connectivity index (χ0n) is 15.7. The normalized spacial score (nSPS) is 10.3. The second-order valence-electron chi connectivity index (χ2n) is 6.49. The number of aryl methyl sites for hydroxylation is 2. The number of anilines is 2. The average molecular weight is 360 g/mol. The molecule has 0 aromatic heterocycles. The van der Waals surface area contributed by atoms with E-state index in [1.54, 1.807) is 0 Å². The Balaban J connectivity index is 1.58. The lowest BCUT2D eigenvalue weighted by Gasteiger charge is -2.14. The third-order valence-corrected chi connectivity index (χ3v) is 4.22. The van der Waals surface area contributed by atoms with Crippen LogP contribution in [0.15, 0.2) is 72.8 Å². The molecular formula is C23H24N2O2. The quantitative estimate of drug-likeness (QED) is 0.628. The van der Waals surface area contributed by atoms with Crippen LogP contribution >= 0.6 is 0 Å². The lowest BCUT2D eigenvalue weighted by molar-refractivity contribution is -0.114. The second kappa shape index (κ2) is 8.90. The smallest absolute Gasteiger partial charge is 0.243 e. The molecule has 0 saturated carbocycles. The van der Waals surface area contributed by atoms with Crippen molar-refractivity contribution in [2.24, 2.45) is 0 Å². The summed E-state index contributed by atoms with van der Waals surface area (Å²) in [5.41, 5.74) is 4.95. The fraction of sp³-hybridized carbons (Fsp3) is 0.174. The molecule has 0 saturated heterocycles. The highest BCUT2D eigenvalue weighted by atomic mass is 16.5. The van der Waals surface area contributed by atoms with Crippen molar-refractivity contribution < 1.29 is 9.53 Å². The first kappa shape index (κ1) is 18.5. The maximum atomic E-state index is 12.3. The largest absolute Gasteiger partial charge is 0.487 e. The molecule has 0 bridgehead atoms. The molecule has 0 aliphatic rings. The van der Waals surface area contributed by atoms with Crippen molar-refractivity contribution >= 4 is 17.3 Å². The minimum absolute atomic E-state index is 0.0974. The van der Waals surface area contributed by atoms with Crippen LogP contribution < -0.4 is 15.4 Å². The van der Waals surface area contributed by atoms with E-state index in [-0.39, 0.29) is 12.5 Å². The molecule has 0 aliphatic heterocycles. The zero-order valence-corrected chi connectivity index (χ0v) is 15.7. The van der Waals surface area contributed by atoms with Gasteiger partial charge >= 0.3 is 0 Å². The SMILES string of the molecule is Cc1ccc(NC(=O)CNc2ccccc2OCc2ccccc2)c(C)c1. The summed E-state index contributed by atoms with van der Waals surface area (Å²) in [5, 5.41) is 6.11. The maximum Gasteiger partial charge on any atom is 0.243 e. The molecule has 3 aromatic rings. The van der Waals surface area contributed by atoms with E-state index in [0.29, 0.717) is 6.61 Å². The van der Waals surface area contributed by atoms with Crippen LogP contribution in [0.4, 0.5) is 11.4 Å². The van der Waals surface area contributed by atoms with Gasteiger partial charge in [-0.1, -0.05) is 60.2 Å². The van der Waals surface area contributed by atoms with Crippen molar-refractivity contribution in [2.75, 3.05) is 17.2 Å². The molecular weight excluding hydrogens is 336 g/mol. The average Bonchev–Trinajstić information content (AvgIpc) is 2.68. The summed E-state index contributed by atoms with van der Waals surface area (Å²) in [6, 6.07) is 23.6. The van der Waals surface area contributed by atoms with Crippen LogP contribution in [0.1, 0.15) is 16.7 Å². The van der Waals surface area contributed by atoms with Gasteiger partial charge in [0.2, 0.25) is 5.91 Å². The van der Waals surface area contributed by atoms with Crippen molar-refractivity contribution in [3.8, 4) is 5.75 Å². The molecule has 0 radical (unpaired) electrons. The molecule has 0 fully saturated rings. The van der Waals surface area contributed by atoms with Crippen LogP contribution in [0, 0.1) is 13.8 Å². The van der Waals surface area contributed by atoms with E-state index in [2.05, 4.69) is 16.7 Å². The molecule has 3 rings (SSSR count). The van der Waals surface area contributed by atoms with Gasteiger partial charge in [0.1, 0.15) is 12.4 Å². The van der Waals surface area contributed by atoms with Crippen LogP contribution in [0.3, 0.4) is 0 Å². The number of carbonyl (C=O) groups excluding carboxylic acids is 1. The van der Waals surface area contributed by atoms with Gasteiger partial charge in [-0.25, -0.2) is 0 Å². The molecule has 0 unspecified atom stereocenters. The fourth-order valence-corrected chi connectivity index (χ4v) is 2.80. The molecule has 0 atom stereocenters. The summed E-state index contributed by atoms with van der Waals surface area (Å²) in [6.45, 7) is 4.67. The van der Waals surface area contributed by atoms with Gasteiger partial charge in [-0.15, -0.1) is 0 Å². The molecule has 2 N–H and O–H groups in total. The van der Waals surface area contributed by atoms with E-state index in [0.717, 1.165) is 28.3 Å². The lowest BCUT2D eigenvalue weighted by Crippen LogP contribution is -2.22. The molecule has 0 heterocycles. The van der Waals surface area contributed by atoms with Gasteiger partial charge < -0.3 is 15.4 Å². The summed E-state index contributed by atoms with van der Waals surface area (Å²) in [4.78, 5) is 12.3. The van der Waals surface area contributed by atoms with Gasteiger partial charge in [0, 0.05) is 5.69 Å². The molecule has 138 valence electrons. The van der Waals surface area contributed by atoms with E-state index in [4.69, 9.17) is 4.74 Å². The molecule has 4 nitrogen and oxygen atoms in total. The van der Waals surface area contributed by atoms with Crippen molar-refractivity contribution in [2.45, 2.75) is 20.5 Å². The van der Waals surface area contributed by atoms with E-state index >= 15 is 0 Å². The van der Waals surface area contributed by atoms with Crippen molar-refractivity contribution in [1.82, 2.24) is 0 Å². The molecule has 0 aliphatic carbocycles. The van der Waals surface area contributed by atoms with E-state index in [1.807, 2.05) is 80.6 Å². The van der Waals surface area contributed by atoms with Crippen molar-refractivity contribution in [1.29, 1.82) is 0 Å². The topological polar surface area (TPSA) is 50.4 Å². The zero-order chi connectivity index (χ0) is 19.1. The number of rotatable bonds is 7. The van der Waals surface area contributed by atoms with Gasteiger partial charge in [-0.3, -0.25) is 4.79 Å². The maximum absolute atomic E-state index is 12.3. The summed E-state index contributed by atoms with van der Waals surface area (Å²) >= 11 is 0. The van der Waals surface area contributed by atoms with E-state index in [1.165, 1.54) is 5.56 Å². The number of carbonyl (C=O) groups is 1. The van der Waals surface area contributed by atoms with Crippen LogP contribution in [0.25, 0.3) is 0 Å². The van der Waals surface area contributed by atoms with E-state index < -0.39 is 0 Å². The third kappa shape index (κ3) is 5.35. The Bertz CT molecular complexity index is 907. The van der Waals surface area contributed by atoms with Crippen LogP contribution in [0.2, 0.25) is 0 Å². The van der Waals surface area contributed by atoms with Crippen molar-refractivity contribution in [3.63, 3.8) is 0 Å². The number of amides is 1. The minimum atomic E-state index is -0.0974. The minimum Gasteiger partial charge on any atom is -0.487 e. The molecule has 1 amide bonds. The number of nitrogens with one attached hydrogen (secondary N) is 2. The van der Waals surface area contributed by atoms with Crippen LogP contribution in [0.5, 0.6) is 5.75 Å². The third-order valence-electron chi connectivity index (χ3n) is 4.22. The Labute approximate surface area is 160 Å². The summed E-state index contributed by atoms with van der Waals surface area (Å²) < 4.78 is 5.91. The highest BCUT2D eigenvalue weighted by Crippen LogP contribution is 2.24. The first-order valence-corrected chi connectivity index (χ1v) is 8.98. The first-order valence-electron chi connectivity index (χ1n) is 8.98. The standard InChI is InChI=1S/C23H24N2O2/c1-17-12-13-20(18(2)14-17)25-23(26)15-24-21-10-6-7-11-22(21)27-16-19-8-4-3-5-9-19/h3-14,24H,15-16H2,1-2H3,(H,25,26). The monoisotopic (exact) mass is 360 g/mol. The predicted octanol–water partition coefficient (Wildman–Crippen LogP) is 4.93. The van der Waals surface area contributed by atoms with Gasteiger partial charge in [0.15, 0.2) is 0 Å². The predicted molar refractivity (Wildman–Crippen MR) is 110 cm³/mol. The van der Waals surface area contributed by atoms with Crippen LogP contribution in [-0.2, 0) is 11.4 Å². The Morgan fingerprint density at radius 1 is 0.889 bits per heavy atom. The Morgan fingerprint density at radius 2 is 1.63 bits per heavy atom. The Morgan fingerprint density at radius 3 is 2.41 bits per heavy atom. The van der Waals surface area contributed by atoms with E-state index in [9.17, 15) is 4.79 Å². The lowest BCUT2D eigenvalue weighted by atomic mass is 10.1. The van der Waals surface area contributed by atoms with Gasteiger partial charge in [-0.05, 0) is 43.2 Å². The second-order valence-corrected chi connectivity index (χ2v) is 6.49. The first-order chi connectivity index (χ1) is 13.1. The number of hydrogen-bond acceptors (Lipinski definition) is 3. The number of para-hydroxylation sites is 2. The van der Waals surface area contributed by atoms with Gasteiger partial charge in [0.05, 0.1) is 12.2 Å². The van der Waals surface area contributed by atoms with Crippen molar-refractivity contribution in [3.05, 3.63) is 89.5 Å². The molecule has 0 spiro atoms. The number of benzene rings is 3. The molecule has 3 aromatic carbocycles. The molecule has 27 heavy (non-hydrogen) atoms. The van der Waals surface area contributed by atoms with Gasteiger partial charge in [0.25, 0.3) is 0 Å². The Kier molecular flexibility index (Phi) is 6.10. The Hall–Kier alpha value is -3.27.